The van der Waals surface area contributed by atoms with Gasteiger partial charge in [0.1, 0.15) is 16.5 Å². The van der Waals surface area contributed by atoms with Crippen molar-refractivity contribution in [3.05, 3.63) is 78.4 Å². The van der Waals surface area contributed by atoms with Crippen LogP contribution in [-0.2, 0) is 6.42 Å². The van der Waals surface area contributed by atoms with Crippen LogP contribution in [0.5, 0.6) is 17.2 Å². The molecule has 1 unspecified atom stereocenters. The van der Waals surface area contributed by atoms with Crippen molar-refractivity contribution >= 4 is 34.0 Å². The molecule has 0 fully saturated rings. The van der Waals surface area contributed by atoms with Crippen LogP contribution in [0.4, 0.5) is 11.4 Å². The molecule has 1 aliphatic rings. The summed E-state index contributed by atoms with van der Waals surface area (Å²) in [6, 6.07) is 23.6. The fraction of sp³-hybridized carbons (Fsp3) is 0.217. The number of benzene rings is 3. The van der Waals surface area contributed by atoms with Gasteiger partial charge in [0, 0.05) is 6.42 Å². The number of alkyl halides is 1. The van der Waals surface area contributed by atoms with Gasteiger partial charge in [0.15, 0.2) is 11.5 Å². The van der Waals surface area contributed by atoms with Crippen LogP contribution in [0, 0.1) is 0 Å². The molecule has 0 radical (unpaired) electrons. The number of aliphatic hydroxyl groups excluding tert-OH is 2. The number of hydrogen-bond donors (Lipinski definition) is 2. The van der Waals surface area contributed by atoms with Gasteiger partial charge in [-0.25, -0.2) is 0 Å². The van der Waals surface area contributed by atoms with E-state index in [1.807, 2.05) is 95.4 Å². The number of ether oxygens (including phenoxy) is 2. The monoisotopic (exact) mass is 503 g/mol. The molecule has 0 amide bonds. The molecule has 6 heteroatoms. The fourth-order valence-corrected chi connectivity index (χ4v) is 3.59. The van der Waals surface area contributed by atoms with Crippen molar-refractivity contribution in [1.29, 1.82) is 0 Å². The highest BCUT2D eigenvalue weighted by atomic mass is 127. The molecule has 0 saturated heterocycles. The number of anilines is 2. The van der Waals surface area contributed by atoms with Gasteiger partial charge in [-0.05, 0) is 64.6 Å². The van der Waals surface area contributed by atoms with E-state index in [9.17, 15) is 10.2 Å². The zero-order valence-corrected chi connectivity index (χ0v) is 17.9. The molecule has 0 spiro atoms. The van der Waals surface area contributed by atoms with Crippen molar-refractivity contribution in [3.8, 4) is 17.2 Å². The van der Waals surface area contributed by atoms with E-state index in [4.69, 9.17) is 9.47 Å². The molecule has 0 bridgehead atoms. The van der Waals surface area contributed by atoms with E-state index in [1.54, 1.807) is 0 Å². The summed E-state index contributed by atoms with van der Waals surface area (Å²) in [5, 5.41) is 19.2. The Labute approximate surface area is 183 Å². The smallest absolute Gasteiger partial charge is 0.151 e. The van der Waals surface area contributed by atoms with Gasteiger partial charge in [0.2, 0.25) is 0 Å². The average Bonchev–Trinajstić information content (AvgIpc) is 2.74. The molecule has 0 aliphatic carbocycles. The van der Waals surface area contributed by atoms with Crippen LogP contribution in [0.25, 0.3) is 0 Å². The van der Waals surface area contributed by atoms with E-state index in [0.29, 0.717) is 19.6 Å². The van der Waals surface area contributed by atoms with Gasteiger partial charge in [-0.3, -0.25) is 0 Å². The molecule has 1 heterocycles. The van der Waals surface area contributed by atoms with Crippen LogP contribution in [0.15, 0.2) is 72.8 Å². The first-order chi connectivity index (χ1) is 14.1. The van der Waals surface area contributed by atoms with Crippen molar-refractivity contribution < 1.29 is 19.7 Å². The maximum absolute atomic E-state index is 9.79. The van der Waals surface area contributed by atoms with Crippen molar-refractivity contribution in [2.45, 2.75) is 16.6 Å². The first-order valence-electron chi connectivity index (χ1n) is 9.47. The van der Waals surface area contributed by atoms with E-state index in [-0.39, 0.29) is 0 Å². The Morgan fingerprint density at radius 3 is 2.03 bits per heavy atom. The van der Waals surface area contributed by atoms with Gasteiger partial charge in [-0.1, -0.05) is 36.4 Å². The summed E-state index contributed by atoms with van der Waals surface area (Å²) in [6.45, 7) is 1.19. The lowest BCUT2D eigenvalue weighted by atomic mass is 10.1. The van der Waals surface area contributed by atoms with Crippen LogP contribution in [-0.4, -0.2) is 33.6 Å². The van der Waals surface area contributed by atoms with Crippen LogP contribution in [0.2, 0.25) is 0 Å². The van der Waals surface area contributed by atoms with Crippen LogP contribution >= 0.6 is 22.6 Å². The number of hydrogen-bond acceptors (Lipinski definition) is 5. The van der Waals surface area contributed by atoms with E-state index >= 15 is 0 Å². The molecule has 5 nitrogen and oxygen atoms in total. The second kappa shape index (κ2) is 9.02. The Kier molecular flexibility index (Phi) is 6.22. The molecular formula is C23H22INO4. The number of rotatable bonds is 7. The van der Waals surface area contributed by atoms with Gasteiger partial charge in [-0.2, -0.15) is 0 Å². The molecular weight excluding hydrogens is 481 g/mol. The number of para-hydroxylation sites is 4. The molecule has 3 aromatic carbocycles. The second-order valence-electron chi connectivity index (χ2n) is 6.83. The maximum atomic E-state index is 9.79. The number of aliphatic hydroxyl groups is 2. The third-order valence-corrected chi connectivity index (χ3v) is 5.63. The average molecular weight is 503 g/mol. The van der Waals surface area contributed by atoms with Crippen molar-refractivity contribution in [1.82, 2.24) is 0 Å². The molecule has 4 rings (SSSR count). The van der Waals surface area contributed by atoms with Gasteiger partial charge in [0.05, 0.1) is 24.0 Å². The first kappa shape index (κ1) is 20.0. The highest BCUT2D eigenvalue weighted by Crippen LogP contribution is 2.45. The summed E-state index contributed by atoms with van der Waals surface area (Å²) < 4.78 is 11.2. The summed E-state index contributed by atoms with van der Waals surface area (Å²) in [7, 11) is 0. The number of halogens is 1. The third kappa shape index (κ3) is 4.66. The molecule has 1 aliphatic heterocycles. The number of fused-ring (bicyclic) bond motifs is 2. The Balaban J connectivity index is 1.41. The van der Waals surface area contributed by atoms with Crippen LogP contribution in [0.3, 0.4) is 0 Å². The molecule has 29 heavy (non-hydrogen) atoms. The highest BCUT2D eigenvalue weighted by molar-refractivity contribution is 14.1. The SMILES string of the molecule is OC(I)[C@@H](O)Cc1ccc(OCCN2c3ccccc3Oc3ccccc32)cc1. The fourth-order valence-electron chi connectivity index (χ4n) is 3.34. The van der Waals surface area contributed by atoms with Gasteiger partial charge >= 0.3 is 0 Å². The number of nitrogens with zero attached hydrogens (tertiary/aromatic N) is 1. The predicted molar refractivity (Wildman–Crippen MR) is 122 cm³/mol. The Hall–Kier alpha value is -2.29. The minimum Gasteiger partial charge on any atom is -0.492 e. The first-order valence-corrected chi connectivity index (χ1v) is 10.7. The lowest BCUT2D eigenvalue weighted by molar-refractivity contribution is 0.0834. The Morgan fingerprint density at radius 1 is 0.862 bits per heavy atom. The van der Waals surface area contributed by atoms with E-state index < -0.39 is 10.2 Å². The predicted octanol–water partition coefficient (Wildman–Crippen LogP) is 4.67. The summed E-state index contributed by atoms with van der Waals surface area (Å²) in [5.41, 5.74) is 3.00. The highest BCUT2D eigenvalue weighted by Gasteiger charge is 2.23. The molecule has 3 aromatic rings. The van der Waals surface area contributed by atoms with Gasteiger partial charge < -0.3 is 24.6 Å². The third-order valence-electron chi connectivity index (χ3n) is 4.80. The van der Waals surface area contributed by atoms with E-state index in [1.165, 1.54) is 0 Å². The van der Waals surface area contributed by atoms with Gasteiger partial charge in [0.25, 0.3) is 0 Å². The zero-order valence-electron chi connectivity index (χ0n) is 15.7. The summed E-state index contributed by atoms with van der Waals surface area (Å²) in [6.07, 6.45) is -0.366. The lowest BCUT2D eigenvalue weighted by Gasteiger charge is -2.32. The summed E-state index contributed by atoms with van der Waals surface area (Å²) in [4.78, 5) is 2.21. The molecule has 0 aromatic heterocycles. The lowest BCUT2D eigenvalue weighted by Crippen LogP contribution is -2.26. The van der Waals surface area contributed by atoms with E-state index in [2.05, 4.69) is 4.90 Å². The summed E-state index contributed by atoms with van der Waals surface area (Å²) >= 11 is 1.81. The van der Waals surface area contributed by atoms with Crippen LogP contribution in [0.1, 0.15) is 5.56 Å². The van der Waals surface area contributed by atoms with Crippen molar-refractivity contribution in [2.75, 3.05) is 18.1 Å². The molecule has 2 N–H and O–H groups in total. The van der Waals surface area contributed by atoms with Crippen molar-refractivity contribution in [3.63, 3.8) is 0 Å². The summed E-state index contributed by atoms with van der Waals surface area (Å²) in [5.74, 6) is 2.45. The Morgan fingerprint density at radius 2 is 1.45 bits per heavy atom. The largest absolute Gasteiger partial charge is 0.492 e. The minimum atomic E-state index is -0.775. The minimum absolute atomic E-state index is 0.408. The quantitative estimate of drug-likeness (QED) is 0.363. The molecule has 2 atom stereocenters. The Bertz CT molecular complexity index is 916. The van der Waals surface area contributed by atoms with Gasteiger partial charge in [-0.15, -0.1) is 0 Å². The van der Waals surface area contributed by atoms with Crippen LogP contribution < -0.4 is 14.4 Å². The second-order valence-corrected chi connectivity index (χ2v) is 8.10. The topological polar surface area (TPSA) is 62.2 Å². The van der Waals surface area contributed by atoms with E-state index in [0.717, 1.165) is 34.2 Å². The standard InChI is InChI=1S/C23H22INO4/c24-23(27)20(26)15-16-9-11-17(12-10-16)28-14-13-25-18-5-1-3-7-21(18)29-22-8-4-2-6-19(22)25/h1-12,20,23,26-27H,13-15H2/t20-,23?/m0/s1. The van der Waals surface area contributed by atoms with Crippen molar-refractivity contribution in [2.24, 2.45) is 0 Å². The molecule has 150 valence electrons. The zero-order chi connectivity index (χ0) is 20.2. The molecule has 0 saturated carbocycles. The normalized spacial score (nSPS) is 14.4. The maximum Gasteiger partial charge on any atom is 0.151 e.